The molecule has 0 bridgehead atoms. The van der Waals surface area contributed by atoms with Gasteiger partial charge in [-0.3, -0.25) is 19.0 Å². The zero-order valence-electron chi connectivity index (χ0n) is 14.9. The normalized spacial score (nSPS) is 24.6. The van der Waals surface area contributed by atoms with Crippen molar-refractivity contribution in [2.24, 2.45) is 0 Å². The topological polar surface area (TPSA) is 132 Å². The SMILES string of the molecule is CC(=O)OC[C@@H]1OC(n2cnc3cncnc32)[C@H](OC(C)=O)[C@@H]1OC(C)=O. The van der Waals surface area contributed by atoms with Gasteiger partial charge in [0.1, 0.15) is 24.6 Å². The average molecular weight is 378 g/mol. The summed E-state index contributed by atoms with van der Waals surface area (Å²) < 4.78 is 23.2. The number of esters is 3. The van der Waals surface area contributed by atoms with Gasteiger partial charge in [-0.25, -0.2) is 15.0 Å². The molecule has 3 heterocycles. The molecular weight excluding hydrogens is 360 g/mol. The molecule has 2 aromatic rings. The first-order chi connectivity index (χ1) is 12.9. The maximum atomic E-state index is 11.6. The Morgan fingerprint density at radius 3 is 2.44 bits per heavy atom. The quantitative estimate of drug-likeness (QED) is 0.523. The summed E-state index contributed by atoms with van der Waals surface area (Å²) >= 11 is 0. The van der Waals surface area contributed by atoms with Crippen molar-refractivity contribution in [1.82, 2.24) is 19.5 Å². The smallest absolute Gasteiger partial charge is 0.303 e. The first-order valence-electron chi connectivity index (χ1n) is 8.12. The molecule has 0 aromatic carbocycles. The minimum Gasteiger partial charge on any atom is -0.463 e. The van der Waals surface area contributed by atoms with E-state index in [4.69, 9.17) is 18.9 Å². The Morgan fingerprint density at radius 2 is 1.78 bits per heavy atom. The lowest BCUT2D eigenvalue weighted by Crippen LogP contribution is -2.40. The summed E-state index contributed by atoms with van der Waals surface area (Å²) in [5.41, 5.74) is 0.956. The van der Waals surface area contributed by atoms with E-state index < -0.39 is 42.4 Å². The highest BCUT2D eigenvalue weighted by Gasteiger charge is 2.51. The third-order valence-corrected chi connectivity index (χ3v) is 3.85. The van der Waals surface area contributed by atoms with Gasteiger partial charge in [-0.2, -0.15) is 0 Å². The van der Waals surface area contributed by atoms with E-state index in [2.05, 4.69) is 15.0 Å². The number of nitrogens with zero attached hydrogens (tertiary/aromatic N) is 4. The molecule has 11 nitrogen and oxygen atoms in total. The van der Waals surface area contributed by atoms with Crippen molar-refractivity contribution in [2.75, 3.05) is 6.61 Å². The summed E-state index contributed by atoms with van der Waals surface area (Å²) in [7, 11) is 0. The van der Waals surface area contributed by atoms with E-state index in [9.17, 15) is 14.4 Å². The van der Waals surface area contributed by atoms with Crippen molar-refractivity contribution >= 4 is 29.1 Å². The van der Waals surface area contributed by atoms with Crippen molar-refractivity contribution in [3.05, 3.63) is 18.9 Å². The number of rotatable bonds is 5. The standard InChI is InChI=1S/C16H18N4O7/c1-8(21)24-5-12-13(25-9(2)22)14(26-10(3)23)16(27-12)20-7-19-11-4-17-6-18-15(11)20/h4,6-7,12-14,16H,5H2,1-3H3/t12-,13+,14+,16?/m0/s1. The molecule has 0 amide bonds. The molecule has 0 N–H and O–H groups in total. The lowest BCUT2D eigenvalue weighted by atomic mass is 10.1. The Balaban J connectivity index is 1.98. The Labute approximate surface area is 153 Å². The lowest BCUT2D eigenvalue weighted by molar-refractivity contribution is -0.166. The van der Waals surface area contributed by atoms with Crippen molar-refractivity contribution in [2.45, 2.75) is 45.3 Å². The third kappa shape index (κ3) is 4.03. The maximum absolute atomic E-state index is 11.6. The molecule has 27 heavy (non-hydrogen) atoms. The molecule has 0 radical (unpaired) electrons. The number of carbonyl (C=O) groups excluding carboxylic acids is 3. The van der Waals surface area contributed by atoms with Crippen LogP contribution < -0.4 is 0 Å². The number of fused-ring (bicyclic) bond motifs is 1. The molecule has 1 unspecified atom stereocenters. The lowest BCUT2D eigenvalue weighted by Gasteiger charge is -2.23. The zero-order valence-corrected chi connectivity index (χ0v) is 14.9. The van der Waals surface area contributed by atoms with Crippen LogP contribution in [0.25, 0.3) is 11.2 Å². The van der Waals surface area contributed by atoms with Gasteiger partial charge < -0.3 is 18.9 Å². The van der Waals surface area contributed by atoms with E-state index in [1.54, 1.807) is 4.57 Å². The molecular formula is C16H18N4O7. The zero-order chi connectivity index (χ0) is 19.6. The van der Waals surface area contributed by atoms with Gasteiger partial charge in [-0.1, -0.05) is 0 Å². The fourth-order valence-corrected chi connectivity index (χ4v) is 2.89. The van der Waals surface area contributed by atoms with Gasteiger partial charge in [0.25, 0.3) is 0 Å². The van der Waals surface area contributed by atoms with E-state index >= 15 is 0 Å². The molecule has 0 aliphatic carbocycles. The van der Waals surface area contributed by atoms with E-state index in [0.29, 0.717) is 11.2 Å². The second-order valence-electron chi connectivity index (χ2n) is 5.90. The number of hydrogen-bond acceptors (Lipinski definition) is 10. The van der Waals surface area contributed by atoms with Gasteiger partial charge in [0.05, 0.1) is 12.5 Å². The number of aromatic nitrogens is 4. The first-order valence-corrected chi connectivity index (χ1v) is 8.12. The van der Waals surface area contributed by atoms with Gasteiger partial charge in [0.15, 0.2) is 24.1 Å². The van der Waals surface area contributed by atoms with Crippen LogP contribution in [0.4, 0.5) is 0 Å². The number of ether oxygens (including phenoxy) is 4. The van der Waals surface area contributed by atoms with E-state index in [0.717, 1.165) is 0 Å². The molecule has 4 atom stereocenters. The van der Waals surface area contributed by atoms with Crippen molar-refractivity contribution in [3.63, 3.8) is 0 Å². The Kier molecular flexibility index (Phi) is 5.31. The van der Waals surface area contributed by atoms with Crippen LogP contribution in [0.3, 0.4) is 0 Å². The van der Waals surface area contributed by atoms with Gasteiger partial charge >= 0.3 is 17.9 Å². The Bertz CT molecular complexity index is 867. The van der Waals surface area contributed by atoms with E-state index in [-0.39, 0.29) is 6.61 Å². The van der Waals surface area contributed by atoms with Crippen LogP contribution in [0.1, 0.15) is 27.0 Å². The predicted molar refractivity (Wildman–Crippen MR) is 87.0 cm³/mol. The molecule has 1 aliphatic heterocycles. The third-order valence-electron chi connectivity index (χ3n) is 3.85. The molecule has 144 valence electrons. The molecule has 2 aromatic heterocycles. The largest absolute Gasteiger partial charge is 0.463 e. The molecule has 1 fully saturated rings. The van der Waals surface area contributed by atoms with Crippen molar-refractivity contribution < 1.29 is 33.3 Å². The second kappa shape index (κ2) is 7.66. The number of hydrogen-bond donors (Lipinski definition) is 0. The van der Waals surface area contributed by atoms with Gasteiger partial charge in [-0.15, -0.1) is 0 Å². The van der Waals surface area contributed by atoms with Crippen LogP contribution in [0.5, 0.6) is 0 Å². The fourth-order valence-electron chi connectivity index (χ4n) is 2.89. The molecule has 1 aliphatic rings. The van der Waals surface area contributed by atoms with Crippen molar-refractivity contribution in [3.8, 4) is 0 Å². The minimum absolute atomic E-state index is 0.177. The van der Waals surface area contributed by atoms with Crippen LogP contribution in [0, 0.1) is 0 Å². The Morgan fingerprint density at radius 1 is 1.07 bits per heavy atom. The molecule has 0 spiro atoms. The van der Waals surface area contributed by atoms with Gasteiger partial charge in [0, 0.05) is 20.8 Å². The summed E-state index contributed by atoms with van der Waals surface area (Å²) in [5.74, 6) is -1.70. The van der Waals surface area contributed by atoms with Crippen LogP contribution in [0.15, 0.2) is 18.9 Å². The van der Waals surface area contributed by atoms with E-state index in [1.165, 1.54) is 39.6 Å². The summed E-state index contributed by atoms with van der Waals surface area (Å²) in [6, 6.07) is 0. The number of imidazole rings is 1. The van der Waals surface area contributed by atoms with Crippen LogP contribution in [-0.4, -0.2) is 62.3 Å². The molecule has 3 rings (SSSR count). The van der Waals surface area contributed by atoms with E-state index in [1.807, 2.05) is 0 Å². The Hall–Kier alpha value is -3.08. The highest BCUT2D eigenvalue weighted by molar-refractivity contribution is 5.70. The fraction of sp³-hybridized carbons (Fsp3) is 0.500. The van der Waals surface area contributed by atoms with Gasteiger partial charge in [0.2, 0.25) is 0 Å². The predicted octanol–water partition coefficient (Wildman–Crippen LogP) is 0.150. The monoisotopic (exact) mass is 378 g/mol. The summed E-state index contributed by atoms with van der Waals surface area (Å²) in [4.78, 5) is 46.6. The first kappa shape index (κ1) is 18.7. The van der Waals surface area contributed by atoms with Crippen molar-refractivity contribution in [1.29, 1.82) is 0 Å². The highest BCUT2D eigenvalue weighted by Crippen LogP contribution is 2.35. The second-order valence-corrected chi connectivity index (χ2v) is 5.90. The molecule has 11 heteroatoms. The maximum Gasteiger partial charge on any atom is 0.303 e. The summed E-state index contributed by atoms with van der Waals surface area (Å²) in [6.07, 6.45) is 0.629. The minimum atomic E-state index is -0.987. The van der Waals surface area contributed by atoms with Crippen LogP contribution >= 0.6 is 0 Å². The van der Waals surface area contributed by atoms with Crippen LogP contribution in [0.2, 0.25) is 0 Å². The molecule has 1 saturated heterocycles. The van der Waals surface area contributed by atoms with Gasteiger partial charge in [-0.05, 0) is 0 Å². The van der Waals surface area contributed by atoms with Crippen LogP contribution in [-0.2, 0) is 33.3 Å². The highest BCUT2D eigenvalue weighted by atomic mass is 16.7. The number of carbonyl (C=O) groups is 3. The average Bonchev–Trinajstić information content (AvgIpc) is 3.15. The summed E-state index contributed by atoms with van der Waals surface area (Å²) in [5, 5.41) is 0. The summed E-state index contributed by atoms with van der Waals surface area (Å²) in [6.45, 7) is 3.52. The molecule has 0 saturated carbocycles.